The van der Waals surface area contributed by atoms with Crippen LogP contribution in [0.25, 0.3) is 11.1 Å². The molecule has 0 aliphatic carbocycles. The minimum atomic E-state index is -1.23. The number of carboxylic acids is 2. The van der Waals surface area contributed by atoms with Crippen molar-refractivity contribution in [3.8, 4) is 11.1 Å². The number of carbonyl (C=O) groups is 2. The molecule has 0 spiro atoms. The van der Waals surface area contributed by atoms with Crippen LogP contribution in [0.1, 0.15) is 20.7 Å². The molecular formula is C19H15CuNO4. The van der Waals surface area contributed by atoms with Gasteiger partial charge < -0.3 is 10.2 Å². The summed E-state index contributed by atoms with van der Waals surface area (Å²) in [6.45, 7) is 0. The molecule has 0 saturated heterocycles. The summed E-state index contributed by atoms with van der Waals surface area (Å²) in [6.07, 6.45) is 3.62. The van der Waals surface area contributed by atoms with E-state index in [1.54, 1.807) is 0 Å². The minimum absolute atomic E-state index is 0. The van der Waals surface area contributed by atoms with Crippen LogP contribution in [0, 0.1) is 0 Å². The largest absolute Gasteiger partial charge is 0.478 e. The summed E-state index contributed by atoms with van der Waals surface area (Å²) in [5, 5.41) is 17.1. The third-order valence-corrected chi connectivity index (χ3v) is 3.18. The maximum Gasteiger partial charge on any atom is 0.336 e. The van der Waals surface area contributed by atoms with Gasteiger partial charge in [-0.15, -0.1) is 0 Å². The third-order valence-electron chi connectivity index (χ3n) is 3.18. The molecule has 0 aliphatic heterocycles. The summed E-state index contributed by atoms with van der Waals surface area (Å²) >= 11 is 0. The Bertz CT molecular complexity index is 753. The summed E-state index contributed by atoms with van der Waals surface area (Å²) in [7, 11) is 0. The van der Waals surface area contributed by atoms with Gasteiger partial charge in [-0.1, -0.05) is 42.5 Å². The van der Waals surface area contributed by atoms with Gasteiger partial charge in [0.15, 0.2) is 0 Å². The number of rotatable bonds is 3. The molecule has 6 heteroatoms. The van der Waals surface area contributed by atoms with Gasteiger partial charge in [0, 0.05) is 29.5 Å². The third kappa shape index (κ3) is 5.88. The fourth-order valence-corrected chi connectivity index (χ4v) is 2.03. The molecule has 131 valence electrons. The van der Waals surface area contributed by atoms with Crippen molar-refractivity contribution in [3.05, 3.63) is 90.3 Å². The van der Waals surface area contributed by atoms with Gasteiger partial charge in [0.25, 0.3) is 0 Å². The fourth-order valence-electron chi connectivity index (χ4n) is 2.03. The van der Waals surface area contributed by atoms with Gasteiger partial charge in [0.05, 0.1) is 11.1 Å². The van der Waals surface area contributed by atoms with E-state index in [9.17, 15) is 9.59 Å². The van der Waals surface area contributed by atoms with E-state index >= 15 is 0 Å². The molecule has 0 amide bonds. The summed E-state index contributed by atoms with van der Waals surface area (Å²) in [6, 6.07) is 19.8. The van der Waals surface area contributed by atoms with Crippen LogP contribution in [-0.2, 0) is 17.1 Å². The van der Waals surface area contributed by atoms with Gasteiger partial charge in [-0.2, -0.15) is 0 Å². The van der Waals surface area contributed by atoms with E-state index in [0.29, 0.717) is 0 Å². The molecule has 25 heavy (non-hydrogen) atoms. The molecule has 5 nitrogen and oxygen atoms in total. The van der Waals surface area contributed by atoms with Crippen molar-refractivity contribution in [3.63, 3.8) is 0 Å². The Kier molecular flexibility index (Phi) is 8.06. The predicted molar refractivity (Wildman–Crippen MR) is 90.0 cm³/mol. The molecule has 0 fully saturated rings. The minimum Gasteiger partial charge on any atom is -0.478 e. The summed E-state index contributed by atoms with van der Waals surface area (Å²) < 4.78 is 0. The van der Waals surface area contributed by atoms with Crippen molar-refractivity contribution in [2.45, 2.75) is 0 Å². The van der Waals surface area contributed by atoms with Gasteiger partial charge in [-0.25, -0.2) is 9.59 Å². The number of carboxylic acid groups (broad SMARTS) is 2. The van der Waals surface area contributed by atoms with Crippen molar-refractivity contribution in [2.24, 2.45) is 0 Å². The molecule has 2 aromatic carbocycles. The molecule has 0 atom stereocenters. The fraction of sp³-hybridized carbons (Fsp3) is 0. The monoisotopic (exact) mass is 384 g/mol. The molecule has 1 aromatic heterocycles. The van der Waals surface area contributed by atoms with E-state index in [1.165, 1.54) is 35.4 Å². The Labute approximate surface area is 155 Å². The molecular weight excluding hydrogens is 370 g/mol. The number of aromatic nitrogens is 1. The molecule has 1 radical (unpaired) electrons. The van der Waals surface area contributed by atoms with Crippen LogP contribution in [0.2, 0.25) is 0 Å². The Morgan fingerprint density at radius 3 is 1.48 bits per heavy atom. The zero-order chi connectivity index (χ0) is 17.4. The molecule has 1 heterocycles. The standard InChI is InChI=1S/C11H9N.C8H6O4.Cu/c1-2-4-10(5-3-1)11-6-8-12-9-7-11;9-7(10)5-3-1-2-4-6(5)8(11)12;/h1-9H;1-4H,(H,9,10)(H,11,12);. The Balaban J connectivity index is 0.000000240. The van der Waals surface area contributed by atoms with Crippen LogP contribution in [0.5, 0.6) is 0 Å². The Morgan fingerprint density at radius 1 is 0.640 bits per heavy atom. The van der Waals surface area contributed by atoms with Crippen molar-refractivity contribution >= 4 is 11.9 Å². The maximum atomic E-state index is 10.5. The van der Waals surface area contributed by atoms with Crippen molar-refractivity contribution < 1.29 is 36.9 Å². The smallest absolute Gasteiger partial charge is 0.336 e. The van der Waals surface area contributed by atoms with E-state index in [0.717, 1.165) is 0 Å². The first-order valence-corrected chi connectivity index (χ1v) is 7.10. The summed E-state index contributed by atoms with van der Waals surface area (Å²) in [4.78, 5) is 24.9. The molecule has 0 aliphatic rings. The average molecular weight is 385 g/mol. The van der Waals surface area contributed by atoms with Crippen LogP contribution in [0.4, 0.5) is 0 Å². The number of hydrogen-bond donors (Lipinski definition) is 2. The van der Waals surface area contributed by atoms with Gasteiger partial charge in [-0.3, -0.25) is 4.98 Å². The quantitative estimate of drug-likeness (QED) is 0.670. The molecule has 0 bridgehead atoms. The van der Waals surface area contributed by atoms with Crippen molar-refractivity contribution in [1.82, 2.24) is 4.98 Å². The van der Waals surface area contributed by atoms with E-state index in [-0.39, 0.29) is 28.2 Å². The van der Waals surface area contributed by atoms with Crippen LogP contribution >= 0.6 is 0 Å². The Hall–Kier alpha value is -2.95. The second kappa shape index (κ2) is 10.0. The summed E-state index contributed by atoms with van der Waals surface area (Å²) in [5.41, 5.74) is 2.07. The molecule has 3 aromatic rings. The second-order valence-corrected chi connectivity index (χ2v) is 4.76. The van der Waals surface area contributed by atoms with Gasteiger partial charge in [0.2, 0.25) is 0 Å². The van der Waals surface area contributed by atoms with Crippen LogP contribution in [0.3, 0.4) is 0 Å². The molecule has 0 saturated carbocycles. The topological polar surface area (TPSA) is 87.5 Å². The van der Waals surface area contributed by atoms with Crippen LogP contribution in [0.15, 0.2) is 79.1 Å². The first-order chi connectivity index (χ1) is 11.6. The van der Waals surface area contributed by atoms with E-state index < -0.39 is 11.9 Å². The summed E-state index contributed by atoms with van der Waals surface area (Å²) in [5.74, 6) is -2.46. The van der Waals surface area contributed by atoms with Crippen molar-refractivity contribution in [1.29, 1.82) is 0 Å². The van der Waals surface area contributed by atoms with Crippen LogP contribution in [-0.4, -0.2) is 27.1 Å². The SMILES string of the molecule is O=C(O)c1ccccc1C(=O)O.[Cu].c1ccc(-c2ccncc2)cc1. The normalized spacial score (nSPS) is 9.12. The van der Waals surface area contributed by atoms with E-state index in [2.05, 4.69) is 17.1 Å². The molecule has 2 N–H and O–H groups in total. The average Bonchev–Trinajstić information content (AvgIpc) is 2.63. The zero-order valence-corrected chi connectivity index (χ0v) is 13.9. The van der Waals surface area contributed by atoms with Gasteiger partial charge in [-0.05, 0) is 35.4 Å². The predicted octanol–water partition coefficient (Wildman–Crippen LogP) is 3.83. The number of aromatic carboxylic acids is 2. The van der Waals surface area contributed by atoms with Gasteiger partial charge in [0.1, 0.15) is 0 Å². The number of benzene rings is 2. The Morgan fingerprint density at radius 2 is 1.04 bits per heavy atom. The van der Waals surface area contributed by atoms with E-state index in [1.807, 2.05) is 42.7 Å². The van der Waals surface area contributed by atoms with Crippen molar-refractivity contribution in [2.75, 3.05) is 0 Å². The first-order valence-electron chi connectivity index (χ1n) is 7.10. The van der Waals surface area contributed by atoms with Crippen LogP contribution < -0.4 is 0 Å². The number of nitrogens with zero attached hydrogens (tertiary/aromatic N) is 1. The molecule has 0 unspecified atom stereocenters. The van der Waals surface area contributed by atoms with Gasteiger partial charge >= 0.3 is 11.9 Å². The molecule has 3 rings (SSSR count). The maximum absolute atomic E-state index is 10.5. The first kappa shape index (κ1) is 20.1. The number of pyridine rings is 1. The second-order valence-electron chi connectivity index (χ2n) is 4.76. The zero-order valence-electron chi connectivity index (χ0n) is 13.0. The van der Waals surface area contributed by atoms with E-state index in [4.69, 9.17) is 10.2 Å². The number of hydrogen-bond acceptors (Lipinski definition) is 3.